The van der Waals surface area contributed by atoms with Crippen LogP contribution in [-0.4, -0.2) is 17.6 Å². The second kappa shape index (κ2) is 4.50. The average molecular weight is 253 g/mol. The smallest absolute Gasteiger partial charge is 0.124 e. The van der Waals surface area contributed by atoms with E-state index < -0.39 is 0 Å². The molecule has 0 amide bonds. The van der Waals surface area contributed by atoms with E-state index in [2.05, 4.69) is 0 Å². The molecule has 17 heavy (non-hydrogen) atoms. The summed E-state index contributed by atoms with van der Waals surface area (Å²) in [5.74, 6) is 3.51. The number of thioether (sulfide) groups is 1. The first-order chi connectivity index (χ1) is 8.24. The topological polar surface area (TPSA) is 35.2 Å². The highest BCUT2D eigenvalue weighted by Crippen LogP contribution is 2.39. The number of fused-ring (bicyclic) bond motifs is 1. The SMILES string of the molecule is N[C@H]1CC(C2CCSC2)Oc2ccc(F)cc21. The highest BCUT2D eigenvalue weighted by Gasteiger charge is 2.33. The monoisotopic (exact) mass is 253 g/mol. The average Bonchev–Trinajstić information content (AvgIpc) is 2.83. The predicted molar refractivity (Wildman–Crippen MR) is 67.8 cm³/mol. The van der Waals surface area contributed by atoms with Crippen LogP contribution in [0.4, 0.5) is 4.39 Å². The van der Waals surface area contributed by atoms with Crippen molar-refractivity contribution in [2.24, 2.45) is 11.7 Å². The van der Waals surface area contributed by atoms with Gasteiger partial charge in [0, 0.05) is 23.9 Å². The van der Waals surface area contributed by atoms with E-state index in [0.717, 1.165) is 23.5 Å². The number of ether oxygens (including phenoxy) is 1. The van der Waals surface area contributed by atoms with Gasteiger partial charge in [0.05, 0.1) is 0 Å². The summed E-state index contributed by atoms with van der Waals surface area (Å²) in [4.78, 5) is 0. The number of hydrogen-bond acceptors (Lipinski definition) is 3. The van der Waals surface area contributed by atoms with Gasteiger partial charge in [-0.25, -0.2) is 4.39 Å². The van der Waals surface area contributed by atoms with Crippen LogP contribution in [0.25, 0.3) is 0 Å². The molecule has 2 heterocycles. The first-order valence-electron chi connectivity index (χ1n) is 6.03. The molecule has 1 fully saturated rings. The fourth-order valence-electron chi connectivity index (χ4n) is 2.64. The third-order valence-electron chi connectivity index (χ3n) is 3.63. The summed E-state index contributed by atoms with van der Waals surface area (Å²) < 4.78 is 19.1. The molecule has 0 saturated carbocycles. The van der Waals surface area contributed by atoms with Crippen molar-refractivity contribution in [3.05, 3.63) is 29.6 Å². The van der Waals surface area contributed by atoms with Crippen molar-refractivity contribution in [3.63, 3.8) is 0 Å². The van der Waals surface area contributed by atoms with Crippen LogP contribution in [0.1, 0.15) is 24.4 Å². The van der Waals surface area contributed by atoms with Gasteiger partial charge in [-0.2, -0.15) is 11.8 Å². The van der Waals surface area contributed by atoms with Crippen molar-refractivity contribution < 1.29 is 9.13 Å². The maximum atomic E-state index is 13.2. The molecular formula is C13H16FNOS. The maximum absolute atomic E-state index is 13.2. The zero-order chi connectivity index (χ0) is 11.8. The molecule has 3 atom stereocenters. The molecule has 2 unspecified atom stereocenters. The van der Waals surface area contributed by atoms with E-state index in [-0.39, 0.29) is 18.0 Å². The van der Waals surface area contributed by atoms with Crippen LogP contribution in [0.2, 0.25) is 0 Å². The Morgan fingerprint density at radius 2 is 2.29 bits per heavy atom. The molecular weight excluding hydrogens is 237 g/mol. The molecule has 2 aliphatic rings. The van der Waals surface area contributed by atoms with E-state index in [4.69, 9.17) is 10.5 Å². The summed E-state index contributed by atoms with van der Waals surface area (Å²) in [7, 11) is 0. The number of benzene rings is 1. The summed E-state index contributed by atoms with van der Waals surface area (Å²) in [5.41, 5.74) is 6.93. The van der Waals surface area contributed by atoms with E-state index in [1.54, 1.807) is 6.07 Å². The van der Waals surface area contributed by atoms with Gasteiger partial charge in [0.1, 0.15) is 17.7 Å². The molecule has 0 aromatic heterocycles. The van der Waals surface area contributed by atoms with Crippen molar-refractivity contribution in [2.75, 3.05) is 11.5 Å². The van der Waals surface area contributed by atoms with Gasteiger partial charge >= 0.3 is 0 Å². The van der Waals surface area contributed by atoms with Crippen molar-refractivity contribution in [1.82, 2.24) is 0 Å². The van der Waals surface area contributed by atoms with Gasteiger partial charge in [-0.3, -0.25) is 0 Å². The van der Waals surface area contributed by atoms with Gasteiger partial charge in [-0.05, 0) is 36.1 Å². The molecule has 1 aromatic carbocycles. The molecule has 0 radical (unpaired) electrons. The normalized spacial score (nSPS) is 32.0. The molecule has 2 aliphatic heterocycles. The van der Waals surface area contributed by atoms with Crippen LogP contribution in [0, 0.1) is 11.7 Å². The Morgan fingerprint density at radius 3 is 3.06 bits per heavy atom. The quantitative estimate of drug-likeness (QED) is 0.836. The van der Waals surface area contributed by atoms with Crippen LogP contribution >= 0.6 is 11.8 Å². The lowest BCUT2D eigenvalue weighted by atomic mass is 9.90. The van der Waals surface area contributed by atoms with Crippen LogP contribution < -0.4 is 10.5 Å². The van der Waals surface area contributed by atoms with E-state index in [9.17, 15) is 4.39 Å². The fourth-order valence-corrected chi connectivity index (χ4v) is 3.96. The van der Waals surface area contributed by atoms with Gasteiger partial charge in [0.2, 0.25) is 0 Å². The Kier molecular flexibility index (Phi) is 3.01. The van der Waals surface area contributed by atoms with Crippen LogP contribution in [0.5, 0.6) is 5.75 Å². The van der Waals surface area contributed by atoms with Gasteiger partial charge in [0.15, 0.2) is 0 Å². The molecule has 92 valence electrons. The lowest BCUT2D eigenvalue weighted by Gasteiger charge is -2.33. The fraction of sp³-hybridized carbons (Fsp3) is 0.538. The van der Waals surface area contributed by atoms with Crippen molar-refractivity contribution in [1.29, 1.82) is 0 Å². The molecule has 2 N–H and O–H groups in total. The maximum Gasteiger partial charge on any atom is 0.124 e. The Hall–Kier alpha value is -0.740. The Labute approximate surface area is 105 Å². The minimum absolute atomic E-state index is 0.0925. The standard InChI is InChI=1S/C13H16FNOS/c14-9-1-2-12-10(5-9)11(15)6-13(16-12)8-3-4-17-7-8/h1-2,5,8,11,13H,3-4,6-7,15H2/t8?,11-,13?/m0/s1. The van der Waals surface area contributed by atoms with E-state index >= 15 is 0 Å². The molecule has 0 aliphatic carbocycles. The van der Waals surface area contributed by atoms with Gasteiger partial charge < -0.3 is 10.5 Å². The summed E-state index contributed by atoms with van der Waals surface area (Å²) in [6.07, 6.45) is 2.22. The lowest BCUT2D eigenvalue weighted by Crippen LogP contribution is -2.35. The highest BCUT2D eigenvalue weighted by atomic mass is 32.2. The number of nitrogens with two attached hydrogens (primary N) is 1. The number of halogens is 1. The molecule has 1 aromatic rings. The van der Waals surface area contributed by atoms with Gasteiger partial charge in [0.25, 0.3) is 0 Å². The third-order valence-corrected chi connectivity index (χ3v) is 4.81. The Bertz CT molecular complexity index is 420. The Morgan fingerprint density at radius 1 is 1.41 bits per heavy atom. The first-order valence-corrected chi connectivity index (χ1v) is 7.19. The minimum Gasteiger partial charge on any atom is -0.490 e. The van der Waals surface area contributed by atoms with E-state index in [1.807, 2.05) is 11.8 Å². The van der Waals surface area contributed by atoms with E-state index in [0.29, 0.717) is 5.92 Å². The second-order valence-electron chi connectivity index (χ2n) is 4.80. The zero-order valence-corrected chi connectivity index (χ0v) is 10.4. The molecule has 2 nitrogen and oxygen atoms in total. The van der Waals surface area contributed by atoms with Crippen molar-refractivity contribution in [3.8, 4) is 5.75 Å². The number of rotatable bonds is 1. The Balaban J connectivity index is 1.84. The largest absolute Gasteiger partial charge is 0.490 e. The molecule has 3 rings (SSSR count). The summed E-state index contributed by atoms with van der Waals surface area (Å²) in [6.45, 7) is 0. The third kappa shape index (κ3) is 2.16. The second-order valence-corrected chi connectivity index (χ2v) is 5.95. The minimum atomic E-state index is -0.238. The van der Waals surface area contributed by atoms with Crippen LogP contribution in [0.15, 0.2) is 18.2 Å². The molecule has 0 bridgehead atoms. The predicted octanol–water partition coefficient (Wildman–Crippen LogP) is 2.73. The van der Waals surface area contributed by atoms with Crippen molar-refractivity contribution in [2.45, 2.75) is 25.0 Å². The first kappa shape index (κ1) is 11.4. The number of hydrogen-bond donors (Lipinski definition) is 1. The molecule has 0 spiro atoms. The van der Waals surface area contributed by atoms with Crippen LogP contribution in [0.3, 0.4) is 0 Å². The van der Waals surface area contributed by atoms with Crippen molar-refractivity contribution >= 4 is 11.8 Å². The highest BCUT2D eigenvalue weighted by molar-refractivity contribution is 7.99. The van der Waals surface area contributed by atoms with Crippen LogP contribution in [-0.2, 0) is 0 Å². The summed E-state index contributed by atoms with van der Waals surface area (Å²) >= 11 is 1.98. The zero-order valence-electron chi connectivity index (χ0n) is 9.56. The molecule has 4 heteroatoms. The summed E-state index contributed by atoms with van der Waals surface area (Å²) in [6, 6.07) is 4.56. The van der Waals surface area contributed by atoms with E-state index in [1.165, 1.54) is 24.3 Å². The van der Waals surface area contributed by atoms with Gasteiger partial charge in [-0.15, -0.1) is 0 Å². The van der Waals surface area contributed by atoms with Gasteiger partial charge in [-0.1, -0.05) is 0 Å². The lowest BCUT2D eigenvalue weighted by molar-refractivity contribution is 0.110. The summed E-state index contributed by atoms with van der Waals surface area (Å²) in [5, 5.41) is 0. The molecule has 1 saturated heterocycles.